The maximum Gasteiger partial charge on any atom is 0.128 e. The fraction of sp³-hybridized carbons (Fsp3) is 0.476. The summed E-state index contributed by atoms with van der Waals surface area (Å²) in [5.41, 5.74) is 3.87. The van der Waals surface area contributed by atoms with Crippen molar-refractivity contribution in [2.24, 2.45) is 5.92 Å². The van der Waals surface area contributed by atoms with Crippen LogP contribution in [-0.4, -0.2) is 12.1 Å². The molecule has 24 heavy (non-hydrogen) atoms. The summed E-state index contributed by atoms with van der Waals surface area (Å²) in [6.07, 6.45) is 8.16. The molecule has 1 fully saturated rings. The van der Waals surface area contributed by atoms with E-state index in [1.54, 1.807) is 7.11 Å². The zero-order valence-corrected chi connectivity index (χ0v) is 14.6. The van der Waals surface area contributed by atoms with Crippen LogP contribution in [0.4, 0.5) is 4.39 Å². The Morgan fingerprint density at radius 2 is 1.96 bits per heavy atom. The van der Waals surface area contributed by atoms with Crippen molar-refractivity contribution in [1.82, 2.24) is 4.98 Å². The molecule has 2 aromatic rings. The molecule has 0 amide bonds. The smallest absolute Gasteiger partial charge is 0.128 e. The fourth-order valence-corrected chi connectivity index (χ4v) is 3.86. The van der Waals surface area contributed by atoms with Gasteiger partial charge in [-0.3, -0.25) is 4.98 Å². The van der Waals surface area contributed by atoms with E-state index in [2.05, 4.69) is 18.0 Å². The van der Waals surface area contributed by atoms with E-state index in [0.717, 1.165) is 17.2 Å². The predicted molar refractivity (Wildman–Crippen MR) is 95.3 cm³/mol. The monoisotopic (exact) mass is 327 g/mol. The van der Waals surface area contributed by atoms with Crippen molar-refractivity contribution >= 4 is 0 Å². The van der Waals surface area contributed by atoms with E-state index in [1.165, 1.54) is 43.7 Å². The van der Waals surface area contributed by atoms with Gasteiger partial charge >= 0.3 is 0 Å². The zero-order valence-electron chi connectivity index (χ0n) is 14.6. The SMILES string of the molecule is CCC1CCC(c2cccnc2-c2ccc(F)c(COC)c2)CC1. The molecule has 0 bridgehead atoms. The number of nitrogens with zero attached hydrogens (tertiary/aromatic N) is 1. The second-order valence-corrected chi connectivity index (χ2v) is 6.81. The van der Waals surface area contributed by atoms with Crippen LogP contribution >= 0.6 is 0 Å². The highest BCUT2D eigenvalue weighted by Crippen LogP contribution is 2.40. The van der Waals surface area contributed by atoms with Crippen molar-refractivity contribution in [3.63, 3.8) is 0 Å². The van der Waals surface area contributed by atoms with Gasteiger partial charge in [-0.05, 0) is 67.3 Å². The molecule has 1 heterocycles. The maximum atomic E-state index is 13.9. The third kappa shape index (κ3) is 3.67. The Balaban J connectivity index is 1.91. The van der Waals surface area contributed by atoms with Crippen molar-refractivity contribution in [2.45, 2.75) is 51.6 Å². The van der Waals surface area contributed by atoms with Gasteiger partial charge in [-0.25, -0.2) is 4.39 Å². The fourth-order valence-electron chi connectivity index (χ4n) is 3.86. The quantitative estimate of drug-likeness (QED) is 0.701. The van der Waals surface area contributed by atoms with E-state index in [9.17, 15) is 4.39 Å². The molecule has 1 aromatic heterocycles. The molecule has 0 aliphatic heterocycles. The number of aromatic nitrogens is 1. The lowest BCUT2D eigenvalue weighted by Crippen LogP contribution is -2.13. The molecule has 0 atom stereocenters. The number of hydrogen-bond acceptors (Lipinski definition) is 2. The Labute approximate surface area is 144 Å². The van der Waals surface area contributed by atoms with E-state index in [-0.39, 0.29) is 12.4 Å². The van der Waals surface area contributed by atoms with E-state index >= 15 is 0 Å². The van der Waals surface area contributed by atoms with Crippen molar-refractivity contribution in [3.8, 4) is 11.3 Å². The molecule has 3 heteroatoms. The minimum absolute atomic E-state index is 0.221. The average Bonchev–Trinajstić information content (AvgIpc) is 2.64. The van der Waals surface area contributed by atoms with Gasteiger partial charge in [0.25, 0.3) is 0 Å². The molecule has 1 aliphatic rings. The van der Waals surface area contributed by atoms with Crippen molar-refractivity contribution < 1.29 is 9.13 Å². The van der Waals surface area contributed by atoms with Crippen LogP contribution in [0.25, 0.3) is 11.3 Å². The number of hydrogen-bond donors (Lipinski definition) is 0. The lowest BCUT2D eigenvalue weighted by atomic mass is 9.77. The van der Waals surface area contributed by atoms with Crippen LogP contribution in [0.3, 0.4) is 0 Å². The van der Waals surface area contributed by atoms with Crippen LogP contribution in [0.2, 0.25) is 0 Å². The van der Waals surface area contributed by atoms with Crippen LogP contribution in [0.5, 0.6) is 0 Å². The summed E-state index contributed by atoms with van der Waals surface area (Å²) in [4.78, 5) is 4.63. The van der Waals surface area contributed by atoms with Crippen molar-refractivity contribution in [1.29, 1.82) is 0 Å². The summed E-state index contributed by atoms with van der Waals surface area (Å²) in [6.45, 7) is 2.57. The molecule has 1 saturated carbocycles. The number of halogens is 1. The Morgan fingerprint density at radius 1 is 1.17 bits per heavy atom. The summed E-state index contributed by atoms with van der Waals surface area (Å²) in [7, 11) is 1.59. The van der Waals surface area contributed by atoms with E-state index in [4.69, 9.17) is 4.74 Å². The summed E-state index contributed by atoms with van der Waals surface area (Å²) >= 11 is 0. The van der Waals surface area contributed by atoms with Crippen LogP contribution in [0, 0.1) is 11.7 Å². The highest BCUT2D eigenvalue weighted by atomic mass is 19.1. The molecular weight excluding hydrogens is 301 g/mol. The first-order chi connectivity index (χ1) is 11.7. The Bertz CT molecular complexity index is 677. The second kappa shape index (κ2) is 7.89. The highest BCUT2D eigenvalue weighted by Gasteiger charge is 2.24. The number of ether oxygens (including phenoxy) is 1. The van der Waals surface area contributed by atoms with Gasteiger partial charge in [-0.1, -0.05) is 19.4 Å². The number of methoxy groups -OCH3 is 1. The van der Waals surface area contributed by atoms with Crippen LogP contribution in [0.15, 0.2) is 36.5 Å². The molecule has 0 unspecified atom stereocenters. The molecule has 0 spiro atoms. The molecule has 3 rings (SSSR count). The summed E-state index contributed by atoms with van der Waals surface area (Å²) in [5.74, 6) is 1.22. The normalized spacial score (nSPS) is 21.0. The molecule has 128 valence electrons. The summed E-state index contributed by atoms with van der Waals surface area (Å²) in [5, 5.41) is 0. The largest absolute Gasteiger partial charge is 0.380 e. The van der Waals surface area contributed by atoms with Gasteiger partial charge in [0.2, 0.25) is 0 Å². The van der Waals surface area contributed by atoms with Gasteiger partial charge in [0, 0.05) is 24.4 Å². The zero-order chi connectivity index (χ0) is 16.9. The topological polar surface area (TPSA) is 22.1 Å². The molecular formula is C21H26FNO. The lowest BCUT2D eigenvalue weighted by molar-refractivity contribution is 0.181. The van der Waals surface area contributed by atoms with Gasteiger partial charge in [-0.2, -0.15) is 0 Å². The Hall–Kier alpha value is -1.74. The van der Waals surface area contributed by atoms with Gasteiger partial charge < -0.3 is 4.74 Å². The summed E-state index contributed by atoms with van der Waals surface area (Å²) in [6, 6.07) is 9.44. The Morgan fingerprint density at radius 3 is 2.67 bits per heavy atom. The minimum Gasteiger partial charge on any atom is -0.380 e. The van der Waals surface area contributed by atoms with Crippen molar-refractivity contribution in [2.75, 3.05) is 7.11 Å². The van der Waals surface area contributed by atoms with Crippen LogP contribution in [-0.2, 0) is 11.3 Å². The number of benzene rings is 1. The van der Waals surface area contributed by atoms with Crippen LogP contribution in [0.1, 0.15) is 56.1 Å². The first-order valence-electron chi connectivity index (χ1n) is 8.95. The van der Waals surface area contributed by atoms with E-state index < -0.39 is 0 Å². The van der Waals surface area contributed by atoms with Gasteiger partial charge in [0.15, 0.2) is 0 Å². The molecule has 2 nitrogen and oxygen atoms in total. The lowest BCUT2D eigenvalue weighted by Gasteiger charge is -2.29. The molecule has 0 radical (unpaired) electrons. The molecule has 1 aliphatic carbocycles. The highest BCUT2D eigenvalue weighted by molar-refractivity contribution is 5.64. The molecule has 0 N–H and O–H groups in total. The van der Waals surface area contributed by atoms with Gasteiger partial charge in [0.05, 0.1) is 12.3 Å². The molecule has 1 aromatic carbocycles. The number of pyridine rings is 1. The van der Waals surface area contributed by atoms with Gasteiger partial charge in [0.1, 0.15) is 5.82 Å². The third-order valence-electron chi connectivity index (χ3n) is 5.32. The van der Waals surface area contributed by atoms with Crippen LogP contribution < -0.4 is 0 Å². The number of rotatable bonds is 5. The Kier molecular flexibility index (Phi) is 5.62. The minimum atomic E-state index is -0.221. The van der Waals surface area contributed by atoms with E-state index in [1.807, 2.05) is 24.4 Å². The third-order valence-corrected chi connectivity index (χ3v) is 5.32. The predicted octanol–water partition coefficient (Wildman–Crippen LogP) is 5.72. The second-order valence-electron chi connectivity index (χ2n) is 6.81. The first-order valence-corrected chi connectivity index (χ1v) is 8.95. The standard InChI is InChI=1S/C21H26FNO/c1-3-15-6-8-16(9-7-15)19-5-4-12-23-21(19)17-10-11-20(22)18(13-17)14-24-2/h4-5,10-13,15-16H,3,6-9,14H2,1-2H3. The van der Waals surface area contributed by atoms with Gasteiger partial charge in [-0.15, -0.1) is 0 Å². The van der Waals surface area contributed by atoms with Crippen molar-refractivity contribution in [3.05, 3.63) is 53.5 Å². The first kappa shape index (κ1) is 17.1. The molecule has 0 saturated heterocycles. The summed E-state index contributed by atoms with van der Waals surface area (Å²) < 4.78 is 19.0. The van der Waals surface area contributed by atoms with E-state index in [0.29, 0.717) is 11.5 Å². The average molecular weight is 327 g/mol. The maximum absolute atomic E-state index is 13.9.